The number of hydrogen-bond acceptors (Lipinski definition) is 2. The van der Waals surface area contributed by atoms with E-state index in [9.17, 15) is 4.79 Å². The first-order valence-corrected chi connectivity index (χ1v) is 7.62. The molecule has 5 nitrogen and oxygen atoms in total. The molecule has 0 radical (unpaired) electrons. The number of rotatable bonds is 5. The molecule has 0 saturated heterocycles. The summed E-state index contributed by atoms with van der Waals surface area (Å²) in [5, 5.41) is 7.85. The maximum absolute atomic E-state index is 12.3. The van der Waals surface area contributed by atoms with E-state index in [4.69, 9.17) is 11.6 Å². The summed E-state index contributed by atoms with van der Waals surface area (Å²) in [5.41, 5.74) is 2.05. The van der Waals surface area contributed by atoms with Gasteiger partial charge in [0.15, 0.2) is 0 Å². The van der Waals surface area contributed by atoms with Gasteiger partial charge in [-0.3, -0.25) is 4.68 Å². The molecular formula is C16H21ClN4O. The van der Waals surface area contributed by atoms with Crippen molar-refractivity contribution >= 4 is 17.6 Å². The van der Waals surface area contributed by atoms with Gasteiger partial charge in [0, 0.05) is 30.9 Å². The van der Waals surface area contributed by atoms with Crippen LogP contribution in [0.4, 0.5) is 4.79 Å². The van der Waals surface area contributed by atoms with E-state index in [2.05, 4.69) is 10.4 Å². The summed E-state index contributed by atoms with van der Waals surface area (Å²) in [6.45, 7) is 2.57. The Bertz CT molecular complexity index is 623. The fourth-order valence-electron chi connectivity index (χ4n) is 2.27. The van der Waals surface area contributed by atoms with Gasteiger partial charge in [0.1, 0.15) is 0 Å². The van der Waals surface area contributed by atoms with Gasteiger partial charge in [0.05, 0.1) is 18.8 Å². The van der Waals surface area contributed by atoms with Crippen LogP contribution < -0.4 is 5.32 Å². The summed E-state index contributed by atoms with van der Waals surface area (Å²) < 4.78 is 1.73. The number of nitrogens with zero attached hydrogens (tertiary/aromatic N) is 3. The minimum Gasteiger partial charge on any atom is -0.331 e. The van der Waals surface area contributed by atoms with Crippen LogP contribution in [0.1, 0.15) is 30.5 Å². The van der Waals surface area contributed by atoms with Crippen molar-refractivity contribution in [2.24, 2.45) is 7.05 Å². The summed E-state index contributed by atoms with van der Waals surface area (Å²) in [4.78, 5) is 14.0. The highest BCUT2D eigenvalue weighted by molar-refractivity contribution is 6.30. The van der Waals surface area contributed by atoms with Crippen LogP contribution in [0.3, 0.4) is 0 Å². The third kappa shape index (κ3) is 4.24. The SMILES string of the molecule is CCC(NC(=O)N(C)Cc1cnn(C)c1)c1ccc(Cl)cc1. The molecule has 0 aliphatic carbocycles. The average molecular weight is 321 g/mol. The number of aryl methyl sites for hydroxylation is 1. The lowest BCUT2D eigenvalue weighted by Gasteiger charge is -2.23. The van der Waals surface area contributed by atoms with Crippen molar-refractivity contribution in [3.63, 3.8) is 0 Å². The zero-order valence-corrected chi connectivity index (χ0v) is 13.8. The lowest BCUT2D eigenvalue weighted by atomic mass is 10.1. The van der Waals surface area contributed by atoms with Gasteiger partial charge in [-0.1, -0.05) is 30.7 Å². The van der Waals surface area contributed by atoms with Crippen LogP contribution in [-0.2, 0) is 13.6 Å². The first kappa shape index (κ1) is 16.4. The van der Waals surface area contributed by atoms with E-state index in [0.717, 1.165) is 17.5 Å². The van der Waals surface area contributed by atoms with Gasteiger partial charge in [-0.15, -0.1) is 0 Å². The van der Waals surface area contributed by atoms with Gasteiger partial charge in [0.25, 0.3) is 0 Å². The molecule has 1 atom stereocenters. The maximum Gasteiger partial charge on any atom is 0.317 e. The number of benzene rings is 1. The molecule has 2 aromatic rings. The van der Waals surface area contributed by atoms with Crippen molar-refractivity contribution < 1.29 is 4.79 Å². The number of carbonyl (C=O) groups is 1. The second-order valence-electron chi connectivity index (χ2n) is 5.34. The average Bonchev–Trinajstić information content (AvgIpc) is 2.90. The zero-order valence-electron chi connectivity index (χ0n) is 13.1. The minimum absolute atomic E-state index is 0.0267. The van der Waals surface area contributed by atoms with Crippen molar-refractivity contribution in [2.75, 3.05) is 7.05 Å². The monoisotopic (exact) mass is 320 g/mol. The number of urea groups is 1. The van der Waals surface area contributed by atoms with Gasteiger partial charge >= 0.3 is 6.03 Å². The maximum atomic E-state index is 12.3. The number of carbonyl (C=O) groups excluding carboxylic acids is 1. The van der Waals surface area contributed by atoms with E-state index in [1.165, 1.54) is 0 Å². The van der Waals surface area contributed by atoms with E-state index < -0.39 is 0 Å². The third-order valence-electron chi connectivity index (χ3n) is 3.50. The third-order valence-corrected chi connectivity index (χ3v) is 3.76. The Morgan fingerprint density at radius 2 is 2.09 bits per heavy atom. The molecule has 1 heterocycles. The lowest BCUT2D eigenvalue weighted by molar-refractivity contribution is 0.202. The van der Waals surface area contributed by atoms with Gasteiger partial charge in [-0.25, -0.2) is 4.79 Å². The van der Waals surface area contributed by atoms with Gasteiger partial charge in [0.2, 0.25) is 0 Å². The number of amides is 2. The lowest BCUT2D eigenvalue weighted by Crippen LogP contribution is -2.38. The van der Waals surface area contributed by atoms with Gasteiger partial charge in [-0.05, 0) is 24.1 Å². The topological polar surface area (TPSA) is 50.2 Å². The molecule has 0 saturated carbocycles. The largest absolute Gasteiger partial charge is 0.331 e. The Hall–Kier alpha value is -2.01. The van der Waals surface area contributed by atoms with Crippen molar-refractivity contribution in [1.82, 2.24) is 20.0 Å². The highest BCUT2D eigenvalue weighted by Gasteiger charge is 2.16. The molecular weight excluding hydrogens is 300 g/mol. The summed E-state index contributed by atoms with van der Waals surface area (Å²) >= 11 is 5.90. The van der Waals surface area contributed by atoms with E-state index in [0.29, 0.717) is 11.6 Å². The van der Waals surface area contributed by atoms with Crippen molar-refractivity contribution in [1.29, 1.82) is 0 Å². The van der Waals surface area contributed by atoms with Crippen LogP contribution in [0.15, 0.2) is 36.7 Å². The standard InChI is InChI=1S/C16H21ClN4O/c1-4-15(13-5-7-14(17)8-6-13)19-16(22)20(2)10-12-9-18-21(3)11-12/h5-9,11,15H,4,10H2,1-3H3,(H,19,22). The Kier molecular flexibility index (Phi) is 5.44. The van der Waals surface area contributed by atoms with Crippen molar-refractivity contribution in [3.8, 4) is 0 Å². The fourth-order valence-corrected chi connectivity index (χ4v) is 2.40. The van der Waals surface area contributed by atoms with Crippen LogP contribution in [0, 0.1) is 0 Å². The molecule has 0 fully saturated rings. The molecule has 0 spiro atoms. The van der Waals surface area contributed by atoms with Gasteiger partial charge in [-0.2, -0.15) is 5.10 Å². The van der Waals surface area contributed by atoms with Gasteiger partial charge < -0.3 is 10.2 Å². The van der Waals surface area contributed by atoms with E-state index in [1.807, 2.05) is 44.4 Å². The second kappa shape index (κ2) is 7.31. The quantitative estimate of drug-likeness (QED) is 0.918. The number of hydrogen-bond donors (Lipinski definition) is 1. The molecule has 2 amide bonds. The highest BCUT2D eigenvalue weighted by atomic mass is 35.5. The molecule has 1 N–H and O–H groups in total. The summed E-state index contributed by atoms with van der Waals surface area (Å²) in [5.74, 6) is 0. The van der Waals surface area contributed by atoms with E-state index >= 15 is 0 Å². The van der Waals surface area contributed by atoms with Crippen LogP contribution >= 0.6 is 11.6 Å². The van der Waals surface area contributed by atoms with E-state index in [1.54, 1.807) is 22.8 Å². The Balaban J connectivity index is 1.97. The molecule has 1 unspecified atom stereocenters. The van der Waals surface area contributed by atoms with Crippen LogP contribution in [0.5, 0.6) is 0 Å². The highest BCUT2D eigenvalue weighted by Crippen LogP contribution is 2.19. The van der Waals surface area contributed by atoms with Crippen LogP contribution in [0.2, 0.25) is 5.02 Å². The normalized spacial score (nSPS) is 12.0. The Morgan fingerprint density at radius 3 is 2.64 bits per heavy atom. The predicted octanol–water partition coefficient (Wildman–Crippen LogP) is 3.37. The summed E-state index contributed by atoms with van der Waals surface area (Å²) in [6.07, 6.45) is 4.48. The molecule has 118 valence electrons. The molecule has 0 aliphatic rings. The fraction of sp³-hybridized carbons (Fsp3) is 0.375. The molecule has 0 bridgehead atoms. The predicted molar refractivity (Wildman–Crippen MR) is 87.7 cm³/mol. The number of halogens is 1. The molecule has 1 aromatic heterocycles. The van der Waals surface area contributed by atoms with Crippen molar-refractivity contribution in [3.05, 3.63) is 52.8 Å². The molecule has 1 aromatic carbocycles. The Labute approximate surface area is 135 Å². The number of aromatic nitrogens is 2. The summed E-state index contributed by atoms with van der Waals surface area (Å²) in [6, 6.07) is 7.43. The van der Waals surface area contributed by atoms with Crippen LogP contribution in [0.25, 0.3) is 0 Å². The zero-order chi connectivity index (χ0) is 16.1. The first-order chi connectivity index (χ1) is 10.5. The second-order valence-corrected chi connectivity index (χ2v) is 5.78. The number of nitrogens with one attached hydrogen (secondary N) is 1. The molecule has 0 aliphatic heterocycles. The van der Waals surface area contributed by atoms with E-state index in [-0.39, 0.29) is 12.1 Å². The first-order valence-electron chi connectivity index (χ1n) is 7.24. The molecule has 2 rings (SSSR count). The smallest absolute Gasteiger partial charge is 0.317 e. The minimum atomic E-state index is -0.106. The molecule has 22 heavy (non-hydrogen) atoms. The molecule has 6 heteroatoms. The Morgan fingerprint density at radius 1 is 1.41 bits per heavy atom. The summed E-state index contributed by atoms with van der Waals surface area (Å²) in [7, 11) is 3.63. The van der Waals surface area contributed by atoms with Crippen molar-refractivity contribution in [2.45, 2.75) is 25.9 Å². The van der Waals surface area contributed by atoms with Crippen LogP contribution in [-0.4, -0.2) is 27.8 Å².